The molecule has 1 aliphatic heterocycles. The second kappa shape index (κ2) is 16.1. The Kier molecular flexibility index (Phi) is 13.2. The maximum absolute atomic E-state index is 12.8. The standard InChI is InChI=1S/C42H70O6Si2/c1-14-24-42(9,46-32-18-16-15-17-19-32)29-44-37-27-34(47-49(10,11)40(3,4)5)25-31-21-20-30(2)36(39(31)37)23-22-33-26-35(28-38(43)45-33)48-50(12,13)41(6,7)8/h15-21,25,30,33-37,39H,14,22-24,26-29H2,1-13H3/t30?,33-,34?,35-,36?,37?,39?,42+/m1/s1. The van der Waals surface area contributed by atoms with Crippen molar-refractivity contribution >= 4 is 22.6 Å². The van der Waals surface area contributed by atoms with Crippen LogP contribution in [0.2, 0.25) is 36.3 Å². The SMILES string of the molecule is CCC[C@@](C)(COC1CC(O[Si](C)(C)C(C)(C)C)C=C2C=CC(C)C(CC[C@@H]3C[C@@H](O[Si](C)(C)C(C)(C)C)CC(=O)O3)C21)Oc1ccccc1. The molecule has 1 heterocycles. The third kappa shape index (κ3) is 10.5. The van der Waals surface area contributed by atoms with Crippen molar-refractivity contribution in [3.05, 3.63) is 54.1 Å². The smallest absolute Gasteiger partial charge is 0.308 e. The average Bonchev–Trinajstić information content (AvgIpc) is 2.98. The van der Waals surface area contributed by atoms with E-state index in [2.05, 4.69) is 107 Å². The van der Waals surface area contributed by atoms with Gasteiger partial charge in [-0.1, -0.05) is 98.2 Å². The van der Waals surface area contributed by atoms with Crippen LogP contribution in [-0.4, -0.2) is 59.2 Å². The Balaban J connectivity index is 1.57. The van der Waals surface area contributed by atoms with Gasteiger partial charge >= 0.3 is 5.97 Å². The molecule has 0 spiro atoms. The van der Waals surface area contributed by atoms with E-state index in [-0.39, 0.29) is 46.4 Å². The fourth-order valence-electron chi connectivity index (χ4n) is 7.48. The summed E-state index contributed by atoms with van der Waals surface area (Å²) in [6.07, 6.45) is 12.5. The van der Waals surface area contributed by atoms with Gasteiger partial charge in [0.15, 0.2) is 16.6 Å². The van der Waals surface area contributed by atoms with Crippen LogP contribution in [0.25, 0.3) is 0 Å². The summed E-state index contributed by atoms with van der Waals surface area (Å²) in [6.45, 7) is 30.2. The van der Waals surface area contributed by atoms with E-state index >= 15 is 0 Å². The zero-order valence-electron chi connectivity index (χ0n) is 33.8. The lowest BCUT2D eigenvalue weighted by molar-refractivity contribution is -0.160. The Morgan fingerprint density at radius 3 is 2.14 bits per heavy atom. The molecule has 6 nitrogen and oxygen atoms in total. The molecule has 1 saturated heterocycles. The summed E-state index contributed by atoms with van der Waals surface area (Å²) in [5, 5.41) is 0.211. The minimum Gasteiger partial charge on any atom is -0.485 e. The van der Waals surface area contributed by atoms with Crippen LogP contribution >= 0.6 is 0 Å². The minimum absolute atomic E-state index is 0.00543. The topological polar surface area (TPSA) is 63.2 Å². The van der Waals surface area contributed by atoms with Crippen molar-refractivity contribution in [1.82, 2.24) is 0 Å². The Morgan fingerprint density at radius 1 is 0.880 bits per heavy atom. The normalized spacial score (nSPS) is 29.1. The number of cyclic esters (lactones) is 1. The van der Waals surface area contributed by atoms with E-state index in [1.165, 1.54) is 5.57 Å². The monoisotopic (exact) mass is 726 g/mol. The van der Waals surface area contributed by atoms with Gasteiger partial charge in [-0.25, -0.2) is 0 Å². The van der Waals surface area contributed by atoms with Gasteiger partial charge in [0.25, 0.3) is 0 Å². The van der Waals surface area contributed by atoms with Gasteiger partial charge in [0, 0.05) is 18.8 Å². The highest BCUT2D eigenvalue weighted by molar-refractivity contribution is 6.74. The second-order valence-electron chi connectivity index (χ2n) is 18.8. The number of esters is 1. The zero-order chi connectivity index (χ0) is 37.1. The Bertz CT molecular complexity index is 1330. The fourth-order valence-corrected chi connectivity index (χ4v) is 10.1. The third-order valence-electron chi connectivity index (χ3n) is 12.4. The number of hydrogen-bond donors (Lipinski definition) is 0. The summed E-state index contributed by atoms with van der Waals surface area (Å²) < 4.78 is 33.5. The second-order valence-corrected chi connectivity index (χ2v) is 28.3. The molecule has 0 aromatic heterocycles. The molecular weight excluding hydrogens is 657 g/mol. The van der Waals surface area contributed by atoms with Crippen LogP contribution in [0.1, 0.15) is 107 Å². The van der Waals surface area contributed by atoms with Gasteiger partial charge in [-0.15, -0.1) is 0 Å². The average molecular weight is 727 g/mol. The molecule has 0 bridgehead atoms. The molecule has 2 aliphatic carbocycles. The lowest BCUT2D eigenvalue weighted by Gasteiger charge is -2.47. The van der Waals surface area contributed by atoms with Gasteiger partial charge < -0.3 is 23.1 Å². The first-order chi connectivity index (χ1) is 23.1. The van der Waals surface area contributed by atoms with E-state index < -0.39 is 22.2 Å². The lowest BCUT2D eigenvalue weighted by Crippen LogP contribution is -2.49. The summed E-state index contributed by atoms with van der Waals surface area (Å²) in [5.41, 5.74) is 0.878. The maximum atomic E-state index is 12.8. The molecule has 1 fully saturated rings. The number of benzene rings is 1. The minimum atomic E-state index is -2.02. The van der Waals surface area contributed by atoms with Crippen molar-refractivity contribution < 1.29 is 27.9 Å². The van der Waals surface area contributed by atoms with Gasteiger partial charge in [0.2, 0.25) is 0 Å². The third-order valence-corrected chi connectivity index (χ3v) is 21.4. The molecule has 50 heavy (non-hydrogen) atoms. The molecule has 5 unspecified atom stereocenters. The van der Waals surface area contributed by atoms with E-state index in [4.69, 9.17) is 23.1 Å². The summed E-state index contributed by atoms with van der Waals surface area (Å²) >= 11 is 0. The number of rotatable bonds is 14. The quantitative estimate of drug-likeness (QED) is 0.140. The van der Waals surface area contributed by atoms with Crippen LogP contribution in [-0.2, 0) is 23.1 Å². The van der Waals surface area contributed by atoms with E-state index in [9.17, 15) is 4.79 Å². The van der Waals surface area contributed by atoms with Crippen molar-refractivity contribution in [3.8, 4) is 5.75 Å². The number of carbonyl (C=O) groups excluding carboxylic acids is 1. The van der Waals surface area contributed by atoms with Crippen LogP contribution in [0.15, 0.2) is 54.1 Å². The number of allylic oxidation sites excluding steroid dienone is 2. The van der Waals surface area contributed by atoms with E-state index in [0.29, 0.717) is 24.9 Å². The maximum Gasteiger partial charge on any atom is 0.308 e. The van der Waals surface area contributed by atoms with Gasteiger partial charge in [-0.2, -0.15) is 0 Å². The van der Waals surface area contributed by atoms with Crippen LogP contribution in [0.4, 0.5) is 0 Å². The molecule has 8 heteroatoms. The number of fused-ring (bicyclic) bond motifs is 1. The van der Waals surface area contributed by atoms with Gasteiger partial charge in [-0.3, -0.25) is 4.79 Å². The zero-order valence-corrected chi connectivity index (χ0v) is 35.8. The molecule has 0 amide bonds. The first-order valence-corrected chi connectivity index (χ1v) is 25.3. The van der Waals surface area contributed by atoms with Crippen LogP contribution in [0.5, 0.6) is 5.75 Å². The van der Waals surface area contributed by atoms with E-state index in [0.717, 1.165) is 44.3 Å². The number of carbonyl (C=O) groups is 1. The molecule has 0 saturated carbocycles. The van der Waals surface area contributed by atoms with Crippen LogP contribution in [0.3, 0.4) is 0 Å². The van der Waals surface area contributed by atoms with Gasteiger partial charge in [0.1, 0.15) is 17.5 Å². The molecule has 1 aromatic rings. The van der Waals surface area contributed by atoms with Gasteiger partial charge in [-0.05, 0) is 92.0 Å². The molecule has 3 aliphatic rings. The molecule has 282 valence electrons. The summed E-state index contributed by atoms with van der Waals surface area (Å²) in [6, 6.07) is 10.1. The van der Waals surface area contributed by atoms with Crippen molar-refractivity contribution in [3.63, 3.8) is 0 Å². The van der Waals surface area contributed by atoms with Crippen LogP contribution in [0, 0.1) is 17.8 Å². The molecule has 4 rings (SSSR count). The summed E-state index contributed by atoms with van der Waals surface area (Å²) in [5.74, 6) is 1.72. The molecular formula is C42H70O6Si2. The van der Waals surface area contributed by atoms with E-state index in [1.54, 1.807) is 0 Å². The first kappa shape index (κ1) is 41.0. The predicted molar refractivity (Wildman–Crippen MR) is 211 cm³/mol. The van der Waals surface area contributed by atoms with E-state index in [1.807, 2.05) is 30.3 Å². The fraction of sp³-hybridized carbons (Fsp3) is 0.738. The Morgan fingerprint density at radius 2 is 1.52 bits per heavy atom. The molecule has 0 radical (unpaired) electrons. The highest BCUT2D eigenvalue weighted by atomic mass is 28.4. The Labute approximate surface area is 307 Å². The summed E-state index contributed by atoms with van der Waals surface area (Å²) in [4.78, 5) is 12.8. The molecule has 8 atom stereocenters. The Hall–Kier alpha value is -1.72. The first-order valence-electron chi connectivity index (χ1n) is 19.4. The van der Waals surface area contributed by atoms with Crippen molar-refractivity contribution in [2.45, 2.75) is 174 Å². The molecule has 1 aromatic carbocycles. The van der Waals surface area contributed by atoms with Crippen molar-refractivity contribution in [2.75, 3.05) is 6.61 Å². The van der Waals surface area contributed by atoms with Crippen molar-refractivity contribution in [1.29, 1.82) is 0 Å². The summed E-state index contributed by atoms with van der Waals surface area (Å²) in [7, 11) is -4.02. The van der Waals surface area contributed by atoms with Crippen LogP contribution < -0.4 is 4.74 Å². The highest BCUT2D eigenvalue weighted by Gasteiger charge is 2.46. The highest BCUT2D eigenvalue weighted by Crippen LogP contribution is 2.47. The predicted octanol–water partition coefficient (Wildman–Crippen LogP) is 11.0. The number of ether oxygens (including phenoxy) is 3. The number of para-hydroxylation sites is 1. The number of hydrogen-bond acceptors (Lipinski definition) is 6. The molecule has 0 N–H and O–H groups in total. The van der Waals surface area contributed by atoms with Crippen molar-refractivity contribution in [2.24, 2.45) is 17.8 Å². The van der Waals surface area contributed by atoms with Gasteiger partial charge in [0.05, 0.1) is 31.3 Å². The lowest BCUT2D eigenvalue weighted by atomic mass is 9.66. The largest absolute Gasteiger partial charge is 0.485 e.